The van der Waals surface area contributed by atoms with Gasteiger partial charge in [0.05, 0.1) is 10.7 Å². The first-order valence-electron chi connectivity index (χ1n) is 6.13. The van der Waals surface area contributed by atoms with Crippen molar-refractivity contribution >= 4 is 23.1 Å². The Morgan fingerprint density at radius 1 is 1.39 bits per heavy atom. The van der Waals surface area contributed by atoms with E-state index in [0.29, 0.717) is 6.54 Å². The monoisotopic (exact) mass is 278 g/mol. The highest BCUT2D eigenvalue weighted by Gasteiger charge is 2.09. The van der Waals surface area contributed by atoms with Gasteiger partial charge < -0.3 is 5.73 Å². The van der Waals surface area contributed by atoms with Crippen LogP contribution in [0.1, 0.15) is 17.5 Å². The predicted molar refractivity (Wildman–Crippen MR) is 81.4 cm³/mol. The van der Waals surface area contributed by atoms with Crippen molar-refractivity contribution < 1.29 is 0 Å². The summed E-state index contributed by atoms with van der Waals surface area (Å²) in [5.74, 6) is 1.08. The molecule has 1 aromatic carbocycles. The summed E-state index contributed by atoms with van der Waals surface area (Å²) in [6.45, 7) is 4.96. The summed E-state index contributed by atoms with van der Waals surface area (Å²) in [5, 5.41) is 3.26. The van der Waals surface area contributed by atoms with Crippen LogP contribution in [0.15, 0.2) is 28.5 Å². The molecule has 18 heavy (non-hydrogen) atoms. The van der Waals surface area contributed by atoms with Crippen LogP contribution in [-0.2, 0) is 6.42 Å². The van der Waals surface area contributed by atoms with Gasteiger partial charge in [-0.1, -0.05) is 18.6 Å². The molecular formula is C14H18N2S2. The van der Waals surface area contributed by atoms with E-state index in [0.717, 1.165) is 22.9 Å². The van der Waals surface area contributed by atoms with E-state index in [-0.39, 0.29) is 0 Å². The first-order chi connectivity index (χ1) is 8.74. The summed E-state index contributed by atoms with van der Waals surface area (Å²) in [5.41, 5.74) is 9.19. The van der Waals surface area contributed by atoms with Gasteiger partial charge in [0.15, 0.2) is 0 Å². The van der Waals surface area contributed by atoms with Crippen molar-refractivity contribution in [2.24, 2.45) is 5.73 Å². The molecule has 0 unspecified atom stereocenters. The summed E-state index contributed by atoms with van der Waals surface area (Å²) in [7, 11) is 0. The summed E-state index contributed by atoms with van der Waals surface area (Å²) < 4.78 is 0. The molecule has 0 aliphatic rings. The zero-order valence-corrected chi connectivity index (χ0v) is 12.4. The second kappa shape index (κ2) is 6.36. The van der Waals surface area contributed by atoms with Gasteiger partial charge in [0.1, 0.15) is 0 Å². The number of aryl methyl sites for hydroxylation is 1. The molecule has 1 aromatic heterocycles. The highest BCUT2D eigenvalue weighted by atomic mass is 32.2. The Bertz CT molecular complexity index is 520. The number of nitrogens with two attached hydrogens (primary N) is 1. The standard InChI is InChI=1S/C14H18N2S2/c1-3-17-13-5-4-10(2)8-11(13)12-9-18-14(16-12)6-7-15/h4-5,8-9H,3,6-7,15H2,1-2H3. The van der Waals surface area contributed by atoms with Crippen LogP contribution in [0, 0.1) is 6.92 Å². The topological polar surface area (TPSA) is 38.9 Å². The van der Waals surface area contributed by atoms with Crippen molar-refractivity contribution in [1.82, 2.24) is 4.98 Å². The van der Waals surface area contributed by atoms with Crippen LogP contribution in [0.4, 0.5) is 0 Å². The SMILES string of the molecule is CCSc1ccc(C)cc1-c1csc(CCN)n1. The lowest BCUT2D eigenvalue weighted by Crippen LogP contribution is -2.02. The maximum Gasteiger partial charge on any atom is 0.0945 e. The van der Waals surface area contributed by atoms with Crippen LogP contribution in [-0.4, -0.2) is 17.3 Å². The number of nitrogens with zero attached hydrogens (tertiary/aromatic N) is 1. The molecule has 2 nitrogen and oxygen atoms in total. The minimum Gasteiger partial charge on any atom is -0.330 e. The molecule has 2 N–H and O–H groups in total. The molecule has 2 aromatic rings. The van der Waals surface area contributed by atoms with Crippen LogP contribution in [0.25, 0.3) is 11.3 Å². The van der Waals surface area contributed by atoms with Crippen molar-refractivity contribution in [3.8, 4) is 11.3 Å². The second-order valence-electron chi connectivity index (χ2n) is 4.10. The Kier molecular flexibility index (Phi) is 4.80. The number of aromatic nitrogens is 1. The third-order valence-corrected chi connectivity index (χ3v) is 4.49. The normalized spacial score (nSPS) is 10.8. The van der Waals surface area contributed by atoms with Crippen LogP contribution in [0.5, 0.6) is 0 Å². The molecule has 0 radical (unpaired) electrons. The van der Waals surface area contributed by atoms with Crippen molar-refractivity contribution in [3.05, 3.63) is 34.2 Å². The van der Waals surface area contributed by atoms with E-state index in [1.54, 1.807) is 11.3 Å². The lowest BCUT2D eigenvalue weighted by atomic mass is 10.1. The molecule has 0 saturated heterocycles. The number of hydrogen-bond acceptors (Lipinski definition) is 4. The minimum atomic E-state index is 0.664. The van der Waals surface area contributed by atoms with Gasteiger partial charge in [-0.15, -0.1) is 23.1 Å². The Hall–Kier alpha value is -0.840. The number of benzene rings is 1. The van der Waals surface area contributed by atoms with Crippen LogP contribution in [0.2, 0.25) is 0 Å². The fraction of sp³-hybridized carbons (Fsp3) is 0.357. The zero-order chi connectivity index (χ0) is 13.0. The average Bonchev–Trinajstić information content (AvgIpc) is 2.81. The third-order valence-electron chi connectivity index (χ3n) is 2.62. The molecule has 4 heteroatoms. The van der Waals surface area contributed by atoms with Crippen molar-refractivity contribution in [1.29, 1.82) is 0 Å². The maximum atomic E-state index is 5.57. The first kappa shape index (κ1) is 13.6. The van der Waals surface area contributed by atoms with E-state index < -0.39 is 0 Å². The highest BCUT2D eigenvalue weighted by Crippen LogP contribution is 2.32. The molecule has 0 atom stereocenters. The lowest BCUT2D eigenvalue weighted by molar-refractivity contribution is 0.954. The van der Waals surface area contributed by atoms with Gasteiger partial charge in [-0.25, -0.2) is 4.98 Å². The molecule has 0 fully saturated rings. The molecule has 0 amide bonds. The molecule has 0 spiro atoms. The van der Waals surface area contributed by atoms with Gasteiger partial charge in [0.25, 0.3) is 0 Å². The Labute approximate surface area is 117 Å². The fourth-order valence-corrected chi connectivity index (χ4v) is 3.41. The van der Waals surface area contributed by atoms with Crippen molar-refractivity contribution in [2.75, 3.05) is 12.3 Å². The molecule has 0 aliphatic heterocycles. The van der Waals surface area contributed by atoms with Gasteiger partial charge in [-0.3, -0.25) is 0 Å². The Morgan fingerprint density at radius 2 is 2.22 bits per heavy atom. The van der Waals surface area contributed by atoms with Gasteiger partial charge in [-0.2, -0.15) is 0 Å². The largest absolute Gasteiger partial charge is 0.330 e. The molecule has 0 aliphatic carbocycles. The molecule has 2 rings (SSSR count). The quantitative estimate of drug-likeness (QED) is 0.847. The Balaban J connectivity index is 2.37. The summed E-state index contributed by atoms with van der Waals surface area (Å²) in [6, 6.07) is 6.58. The molecule has 96 valence electrons. The summed E-state index contributed by atoms with van der Waals surface area (Å²) in [6.07, 6.45) is 0.868. The number of thioether (sulfide) groups is 1. The second-order valence-corrected chi connectivity index (χ2v) is 6.35. The van der Waals surface area contributed by atoms with Crippen LogP contribution < -0.4 is 5.73 Å². The van der Waals surface area contributed by atoms with E-state index in [2.05, 4.69) is 42.4 Å². The number of hydrogen-bond donors (Lipinski definition) is 1. The molecule has 0 bridgehead atoms. The van der Waals surface area contributed by atoms with Crippen LogP contribution in [0.3, 0.4) is 0 Å². The van der Waals surface area contributed by atoms with Crippen molar-refractivity contribution in [3.63, 3.8) is 0 Å². The van der Waals surface area contributed by atoms with E-state index >= 15 is 0 Å². The van der Waals surface area contributed by atoms with E-state index in [9.17, 15) is 0 Å². The average molecular weight is 278 g/mol. The summed E-state index contributed by atoms with van der Waals surface area (Å²) >= 11 is 3.57. The predicted octanol–water partition coefficient (Wildman–Crippen LogP) is 3.73. The number of thiazole rings is 1. The van der Waals surface area contributed by atoms with Gasteiger partial charge in [0.2, 0.25) is 0 Å². The van der Waals surface area contributed by atoms with Crippen LogP contribution >= 0.6 is 23.1 Å². The first-order valence-corrected chi connectivity index (χ1v) is 7.99. The van der Waals surface area contributed by atoms with Gasteiger partial charge >= 0.3 is 0 Å². The molecule has 1 heterocycles. The summed E-state index contributed by atoms with van der Waals surface area (Å²) in [4.78, 5) is 5.99. The number of rotatable bonds is 5. The fourth-order valence-electron chi connectivity index (χ4n) is 1.80. The highest BCUT2D eigenvalue weighted by molar-refractivity contribution is 7.99. The van der Waals surface area contributed by atoms with Gasteiger partial charge in [0, 0.05) is 22.3 Å². The maximum absolute atomic E-state index is 5.57. The molecular weight excluding hydrogens is 260 g/mol. The smallest absolute Gasteiger partial charge is 0.0945 e. The third kappa shape index (κ3) is 3.13. The van der Waals surface area contributed by atoms with E-state index in [1.807, 2.05) is 11.8 Å². The molecule has 0 saturated carbocycles. The van der Waals surface area contributed by atoms with Gasteiger partial charge in [-0.05, 0) is 31.4 Å². The Morgan fingerprint density at radius 3 is 2.94 bits per heavy atom. The minimum absolute atomic E-state index is 0.664. The van der Waals surface area contributed by atoms with E-state index in [1.165, 1.54) is 16.0 Å². The lowest BCUT2D eigenvalue weighted by Gasteiger charge is -2.07. The zero-order valence-electron chi connectivity index (χ0n) is 10.8. The van der Waals surface area contributed by atoms with E-state index in [4.69, 9.17) is 5.73 Å². The van der Waals surface area contributed by atoms with Crippen molar-refractivity contribution in [2.45, 2.75) is 25.2 Å².